The summed E-state index contributed by atoms with van der Waals surface area (Å²) in [5.74, 6) is 0.0491. The van der Waals surface area contributed by atoms with Gasteiger partial charge in [0.1, 0.15) is 0 Å². The first-order chi connectivity index (χ1) is 15.7. The number of hydrogen-bond donors (Lipinski definition) is 0. The molecule has 1 amide bonds. The number of carbonyl (C=O) groups excluding carboxylic acids is 1. The fraction of sp³-hybridized carbons (Fsp3) is 0.370. The van der Waals surface area contributed by atoms with Gasteiger partial charge in [-0.25, -0.2) is 0 Å². The Hall–Kier alpha value is -3.05. The Balaban J connectivity index is 1.73. The lowest BCUT2D eigenvalue weighted by molar-refractivity contribution is 0.0716. The van der Waals surface area contributed by atoms with Gasteiger partial charge in [-0.05, 0) is 61.3 Å². The van der Waals surface area contributed by atoms with Crippen molar-refractivity contribution < 1.29 is 4.79 Å². The summed E-state index contributed by atoms with van der Waals surface area (Å²) >= 11 is 0. The van der Waals surface area contributed by atoms with Crippen molar-refractivity contribution in [2.45, 2.75) is 46.2 Å². The highest BCUT2D eigenvalue weighted by molar-refractivity contribution is 5.94. The molecule has 0 unspecified atom stereocenters. The van der Waals surface area contributed by atoms with E-state index < -0.39 is 0 Å². The van der Waals surface area contributed by atoms with Crippen LogP contribution in [0.4, 0.5) is 0 Å². The van der Waals surface area contributed by atoms with Crippen LogP contribution in [0.25, 0.3) is 0 Å². The van der Waals surface area contributed by atoms with Gasteiger partial charge in [-0.3, -0.25) is 19.7 Å². The number of carbonyl (C=O) groups is 1. The van der Waals surface area contributed by atoms with Crippen LogP contribution in [0.5, 0.6) is 0 Å². The van der Waals surface area contributed by atoms with Gasteiger partial charge in [0.15, 0.2) is 0 Å². The van der Waals surface area contributed by atoms with Crippen LogP contribution >= 0.6 is 0 Å². The molecule has 3 aromatic rings. The molecule has 2 aromatic heterocycles. The molecular weight excluding hydrogens is 396 g/mol. The summed E-state index contributed by atoms with van der Waals surface area (Å²) in [7, 11) is 0. The van der Waals surface area contributed by atoms with Crippen LogP contribution in [-0.2, 0) is 19.5 Å². The molecule has 2 heterocycles. The minimum absolute atomic E-state index is 0.0491. The SMILES string of the molecule is CCCc1ccc(C(=O)N(CCN(CCC)Cc2ccccn2)Cc2ccccn2)cc1. The molecule has 0 atom stereocenters. The van der Waals surface area contributed by atoms with E-state index in [-0.39, 0.29) is 5.91 Å². The third kappa shape index (κ3) is 7.27. The van der Waals surface area contributed by atoms with Gasteiger partial charge in [-0.15, -0.1) is 0 Å². The number of aromatic nitrogens is 2. The molecule has 0 bridgehead atoms. The van der Waals surface area contributed by atoms with E-state index in [0.717, 1.165) is 55.8 Å². The van der Waals surface area contributed by atoms with Crippen molar-refractivity contribution >= 4 is 5.91 Å². The van der Waals surface area contributed by atoms with Gasteiger partial charge in [0, 0.05) is 37.6 Å². The lowest BCUT2D eigenvalue weighted by atomic mass is 10.1. The molecule has 5 nitrogen and oxygen atoms in total. The van der Waals surface area contributed by atoms with Crippen LogP contribution in [0, 0.1) is 0 Å². The largest absolute Gasteiger partial charge is 0.331 e. The van der Waals surface area contributed by atoms with Crippen LogP contribution in [0.1, 0.15) is 54.0 Å². The molecule has 3 rings (SSSR count). The lowest BCUT2D eigenvalue weighted by Crippen LogP contribution is -2.38. The third-order valence-electron chi connectivity index (χ3n) is 5.44. The maximum atomic E-state index is 13.4. The summed E-state index contributed by atoms with van der Waals surface area (Å²) in [6, 6.07) is 19.9. The van der Waals surface area contributed by atoms with E-state index in [1.807, 2.05) is 53.6 Å². The van der Waals surface area contributed by atoms with Gasteiger partial charge < -0.3 is 4.90 Å². The number of nitrogens with zero attached hydrogens (tertiary/aromatic N) is 4. The quantitative estimate of drug-likeness (QED) is 0.406. The van der Waals surface area contributed by atoms with Gasteiger partial charge in [0.05, 0.1) is 17.9 Å². The number of pyridine rings is 2. The summed E-state index contributed by atoms with van der Waals surface area (Å²) < 4.78 is 0. The summed E-state index contributed by atoms with van der Waals surface area (Å²) in [6.45, 7) is 8.02. The number of amides is 1. The Morgan fingerprint density at radius 3 is 1.97 bits per heavy atom. The fourth-order valence-corrected chi connectivity index (χ4v) is 3.79. The van der Waals surface area contributed by atoms with Crippen LogP contribution in [-0.4, -0.2) is 45.3 Å². The van der Waals surface area contributed by atoms with E-state index in [9.17, 15) is 4.79 Å². The zero-order valence-electron chi connectivity index (χ0n) is 19.3. The highest BCUT2D eigenvalue weighted by Crippen LogP contribution is 2.13. The Kier molecular flexibility index (Phi) is 9.38. The Morgan fingerprint density at radius 2 is 1.41 bits per heavy atom. The zero-order valence-corrected chi connectivity index (χ0v) is 19.3. The molecule has 1 aromatic carbocycles. The van der Waals surface area contributed by atoms with Crippen LogP contribution in [0.3, 0.4) is 0 Å². The van der Waals surface area contributed by atoms with E-state index in [4.69, 9.17) is 0 Å². The minimum atomic E-state index is 0.0491. The number of rotatable bonds is 12. The second-order valence-corrected chi connectivity index (χ2v) is 8.09. The second-order valence-electron chi connectivity index (χ2n) is 8.09. The smallest absolute Gasteiger partial charge is 0.254 e. The first-order valence-corrected chi connectivity index (χ1v) is 11.6. The van der Waals surface area contributed by atoms with Gasteiger partial charge in [-0.1, -0.05) is 44.5 Å². The molecule has 0 aliphatic heterocycles. The topological polar surface area (TPSA) is 49.3 Å². The maximum Gasteiger partial charge on any atom is 0.254 e. The number of benzene rings is 1. The predicted octanol–water partition coefficient (Wildman–Crippen LogP) is 4.98. The standard InChI is InChI=1S/C27H34N4O/c1-3-9-23-12-14-24(15-13-23)27(32)31(22-26-11-6-8-17-29-26)20-19-30(18-4-2)21-25-10-5-7-16-28-25/h5-8,10-17H,3-4,9,18-22H2,1-2H3. The van der Waals surface area contributed by atoms with E-state index in [0.29, 0.717) is 13.1 Å². The summed E-state index contributed by atoms with van der Waals surface area (Å²) in [5, 5.41) is 0. The highest BCUT2D eigenvalue weighted by atomic mass is 16.2. The van der Waals surface area contributed by atoms with E-state index in [2.05, 4.69) is 46.9 Å². The van der Waals surface area contributed by atoms with Crippen molar-refractivity contribution in [1.29, 1.82) is 0 Å². The van der Waals surface area contributed by atoms with Gasteiger partial charge in [0.25, 0.3) is 5.91 Å². The van der Waals surface area contributed by atoms with Crippen LogP contribution in [0.2, 0.25) is 0 Å². The average Bonchev–Trinajstić information content (AvgIpc) is 2.83. The fourth-order valence-electron chi connectivity index (χ4n) is 3.79. The summed E-state index contributed by atoms with van der Waals surface area (Å²) in [4.78, 5) is 26.6. The van der Waals surface area contributed by atoms with Gasteiger partial charge >= 0.3 is 0 Å². The van der Waals surface area contributed by atoms with E-state index in [1.165, 1.54) is 5.56 Å². The molecule has 0 aliphatic rings. The molecule has 0 radical (unpaired) electrons. The Morgan fingerprint density at radius 1 is 0.750 bits per heavy atom. The molecule has 0 saturated carbocycles. The second kappa shape index (κ2) is 12.7. The maximum absolute atomic E-state index is 13.4. The first kappa shape index (κ1) is 23.6. The lowest BCUT2D eigenvalue weighted by Gasteiger charge is -2.27. The van der Waals surface area contributed by atoms with E-state index >= 15 is 0 Å². The Labute approximate surface area is 192 Å². The highest BCUT2D eigenvalue weighted by Gasteiger charge is 2.18. The van der Waals surface area contributed by atoms with Crippen LogP contribution in [0.15, 0.2) is 73.1 Å². The zero-order chi connectivity index (χ0) is 22.6. The molecular formula is C27H34N4O. The molecule has 0 aliphatic carbocycles. The van der Waals surface area contributed by atoms with Crippen molar-refractivity contribution in [3.63, 3.8) is 0 Å². The average molecular weight is 431 g/mol. The van der Waals surface area contributed by atoms with Gasteiger partial charge in [-0.2, -0.15) is 0 Å². The summed E-state index contributed by atoms with van der Waals surface area (Å²) in [5.41, 5.74) is 3.95. The minimum Gasteiger partial charge on any atom is -0.331 e. The normalized spacial score (nSPS) is 11.0. The number of hydrogen-bond acceptors (Lipinski definition) is 4. The predicted molar refractivity (Wildman–Crippen MR) is 129 cm³/mol. The Bertz CT molecular complexity index is 929. The van der Waals surface area contributed by atoms with E-state index in [1.54, 1.807) is 6.20 Å². The van der Waals surface area contributed by atoms with Crippen molar-refractivity contribution in [3.05, 3.63) is 95.6 Å². The molecule has 168 valence electrons. The van der Waals surface area contributed by atoms with Crippen molar-refractivity contribution in [1.82, 2.24) is 19.8 Å². The van der Waals surface area contributed by atoms with Crippen molar-refractivity contribution in [3.8, 4) is 0 Å². The monoisotopic (exact) mass is 430 g/mol. The third-order valence-corrected chi connectivity index (χ3v) is 5.44. The molecule has 0 saturated heterocycles. The number of aryl methyl sites for hydroxylation is 1. The molecule has 5 heteroatoms. The molecule has 0 N–H and O–H groups in total. The van der Waals surface area contributed by atoms with Crippen LogP contribution < -0.4 is 0 Å². The first-order valence-electron chi connectivity index (χ1n) is 11.6. The molecule has 32 heavy (non-hydrogen) atoms. The molecule has 0 spiro atoms. The summed E-state index contributed by atoms with van der Waals surface area (Å²) in [6.07, 6.45) is 6.80. The van der Waals surface area contributed by atoms with Crippen molar-refractivity contribution in [2.75, 3.05) is 19.6 Å². The van der Waals surface area contributed by atoms with Gasteiger partial charge in [0.2, 0.25) is 0 Å². The molecule has 0 fully saturated rings. The van der Waals surface area contributed by atoms with Crippen molar-refractivity contribution in [2.24, 2.45) is 0 Å².